The Hall–Kier alpha value is -2.12. The summed E-state index contributed by atoms with van der Waals surface area (Å²) in [6.45, 7) is 7.11. The van der Waals surface area contributed by atoms with E-state index in [1.165, 1.54) is 25.7 Å². The number of halogens is 1. The van der Waals surface area contributed by atoms with Gasteiger partial charge in [0.2, 0.25) is 5.95 Å². The summed E-state index contributed by atoms with van der Waals surface area (Å²) in [5.41, 5.74) is 1.11. The fourth-order valence-electron chi connectivity index (χ4n) is 3.92. The van der Waals surface area contributed by atoms with Crippen LogP contribution in [0.1, 0.15) is 38.2 Å². The second-order valence-corrected chi connectivity index (χ2v) is 9.05. The van der Waals surface area contributed by atoms with Crippen molar-refractivity contribution in [3.63, 3.8) is 0 Å². The molecule has 1 aromatic heterocycles. The molecule has 30 heavy (non-hydrogen) atoms. The molecule has 160 valence electrons. The van der Waals surface area contributed by atoms with Crippen LogP contribution in [-0.4, -0.2) is 41.3 Å². The number of aromatic nitrogens is 2. The fraction of sp³-hybridized carbons (Fsp3) is 0.500. The van der Waals surface area contributed by atoms with E-state index >= 15 is 0 Å². The van der Waals surface area contributed by atoms with Crippen molar-refractivity contribution in [3.8, 4) is 0 Å². The van der Waals surface area contributed by atoms with Crippen molar-refractivity contribution in [2.75, 3.05) is 41.3 Å². The minimum atomic E-state index is 0.515. The molecule has 2 aliphatic heterocycles. The van der Waals surface area contributed by atoms with Gasteiger partial charge in [0.15, 0.2) is 5.11 Å². The third-order valence-electron chi connectivity index (χ3n) is 5.83. The first-order valence-corrected chi connectivity index (χ1v) is 11.5. The molecule has 0 radical (unpaired) electrons. The minimum Gasteiger partial charge on any atom is -0.358 e. The summed E-state index contributed by atoms with van der Waals surface area (Å²) in [7, 11) is 0. The predicted octanol–water partition coefficient (Wildman–Crippen LogP) is 4.45. The van der Waals surface area contributed by atoms with Crippen LogP contribution < -0.4 is 20.4 Å². The lowest BCUT2D eigenvalue weighted by Crippen LogP contribution is -2.34. The highest BCUT2D eigenvalue weighted by Gasteiger charge is 2.21. The molecule has 0 amide bonds. The van der Waals surface area contributed by atoms with Crippen molar-refractivity contribution in [1.29, 1.82) is 0 Å². The molecular weight excluding hydrogens is 416 g/mol. The molecule has 0 saturated carbocycles. The smallest absolute Gasteiger partial charge is 0.232 e. The van der Waals surface area contributed by atoms with Gasteiger partial charge in [0.05, 0.1) is 0 Å². The van der Waals surface area contributed by atoms with Crippen LogP contribution in [0.3, 0.4) is 0 Å². The highest BCUT2D eigenvalue weighted by Crippen LogP contribution is 2.27. The lowest BCUT2D eigenvalue weighted by molar-refractivity contribution is 0.436. The highest BCUT2D eigenvalue weighted by molar-refractivity contribution is 7.80. The molecule has 0 aliphatic carbocycles. The van der Waals surface area contributed by atoms with Crippen LogP contribution in [0.5, 0.6) is 0 Å². The standard InChI is InChI=1S/C22H29ClN6S/c1-16-8-12-29(13-9-16)20-14-19(28-10-2-3-11-28)25-21(26-20)27-22(30)24-15-17-4-6-18(23)7-5-17/h4-7,14,16H,2-3,8-13,15H2,1H3,(H2,24,25,26,27,30). The SMILES string of the molecule is CC1CCN(c2cc(N3CCCC3)nc(NC(=S)NCc3ccc(Cl)cc3)n2)CC1. The van der Waals surface area contributed by atoms with E-state index in [1.54, 1.807) is 0 Å². The van der Waals surface area contributed by atoms with Crippen LogP contribution in [0.2, 0.25) is 5.02 Å². The Kier molecular flexibility index (Phi) is 6.89. The van der Waals surface area contributed by atoms with Crippen molar-refractivity contribution >= 4 is 46.5 Å². The number of anilines is 3. The summed E-state index contributed by atoms with van der Waals surface area (Å²) in [6.07, 6.45) is 4.83. The number of piperidine rings is 1. The lowest BCUT2D eigenvalue weighted by atomic mass is 9.99. The summed E-state index contributed by atoms with van der Waals surface area (Å²) >= 11 is 11.5. The molecule has 0 atom stereocenters. The molecule has 0 unspecified atom stereocenters. The summed E-state index contributed by atoms with van der Waals surface area (Å²) in [5.74, 6) is 3.31. The first kappa shape index (κ1) is 21.1. The Bertz CT molecular complexity index is 860. The van der Waals surface area contributed by atoms with E-state index in [4.69, 9.17) is 33.8 Å². The number of hydrogen-bond donors (Lipinski definition) is 2. The Morgan fingerprint density at radius 2 is 1.63 bits per heavy atom. The Morgan fingerprint density at radius 3 is 2.27 bits per heavy atom. The molecule has 2 N–H and O–H groups in total. The number of rotatable bonds is 5. The zero-order chi connectivity index (χ0) is 20.9. The van der Waals surface area contributed by atoms with E-state index in [9.17, 15) is 0 Å². The van der Waals surface area contributed by atoms with Gasteiger partial charge in [0.25, 0.3) is 0 Å². The van der Waals surface area contributed by atoms with E-state index in [1.807, 2.05) is 24.3 Å². The summed E-state index contributed by atoms with van der Waals surface area (Å²) in [4.78, 5) is 14.3. The summed E-state index contributed by atoms with van der Waals surface area (Å²) in [6, 6.07) is 9.86. The van der Waals surface area contributed by atoms with Crippen molar-refractivity contribution in [3.05, 3.63) is 40.9 Å². The zero-order valence-electron chi connectivity index (χ0n) is 17.4. The van der Waals surface area contributed by atoms with Crippen LogP contribution in [0.25, 0.3) is 0 Å². The topological polar surface area (TPSA) is 56.3 Å². The molecule has 2 aromatic rings. The van der Waals surface area contributed by atoms with Gasteiger partial charge < -0.3 is 20.4 Å². The van der Waals surface area contributed by atoms with Crippen LogP contribution in [0.4, 0.5) is 17.6 Å². The summed E-state index contributed by atoms with van der Waals surface area (Å²) < 4.78 is 0. The molecule has 6 nitrogen and oxygen atoms in total. The average Bonchev–Trinajstić information content (AvgIpc) is 3.29. The van der Waals surface area contributed by atoms with Crippen molar-refractivity contribution in [1.82, 2.24) is 15.3 Å². The van der Waals surface area contributed by atoms with E-state index in [2.05, 4.69) is 33.4 Å². The fourth-order valence-corrected chi connectivity index (χ4v) is 4.21. The maximum atomic E-state index is 5.95. The maximum Gasteiger partial charge on any atom is 0.232 e. The van der Waals surface area contributed by atoms with Crippen LogP contribution >= 0.6 is 23.8 Å². The third kappa shape index (κ3) is 5.52. The second kappa shape index (κ2) is 9.79. The molecule has 2 aliphatic rings. The molecule has 2 saturated heterocycles. The third-order valence-corrected chi connectivity index (χ3v) is 6.33. The van der Waals surface area contributed by atoms with Gasteiger partial charge in [0, 0.05) is 43.8 Å². The molecular formula is C22H29ClN6S. The van der Waals surface area contributed by atoms with Gasteiger partial charge in [-0.2, -0.15) is 9.97 Å². The molecule has 0 bridgehead atoms. The Labute approximate surface area is 189 Å². The van der Waals surface area contributed by atoms with Gasteiger partial charge in [-0.25, -0.2) is 0 Å². The predicted molar refractivity (Wildman–Crippen MR) is 129 cm³/mol. The van der Waals surface area contributed by atoms with E-state index in [0.29, 0.717) is 17.6 Å². The van der Waals surface area contributed by atoms with Crippen molar-refractivity contribution < 1.29 is 0 Å². The first-order chi connectivity index (χ1) is 14.6. The zero-order valence-corrected chi connectivity index (χ0v) is 19.0. The van der Waals surface area contributed by atoms with Crippen molar-refractivity contribution in [2.24, 2.45) is 5.92 Å². The number of benzene rings is 1. The van der Waals surface area contributed by atoms with Gasteiger partial charge in [-0.3, -0.25) is 0 Å². The Morgan fingerprint density at radius 1 is 1.03 bits per heavy atom. The summed E-state index contributed by atoms with van der Waals surface area (Å²) in [5, 5.41) is 7.67. The van der Waals surface area contributed by atoms with E-state index in [0.717, 1.165) is 54.3 Å². The normalized spacial score (nSPS) is 17.3. The molecule has 1 aromatic carbocycles. The van der Waals surface area contributed by atoms with Crippen LogP contribution in [0.15, 0.2) is 30.3 Å². The molecule has 8 heteroatoms. The molecule has 3 heterocycles. The number of nitrogens with one attached hydrogen (secondary N) is 2. The monoisotopic (exact) mass is 444 g/mol. The average molecular weight is 445 g/mol. The van der Waals surface area contributed by atoms with Gasteiger partial charge >= 0.3 is 0 Å². The molecule has 2 fully saturated rings. The van der Waals surface area contributed by atoms with Gasteiger partial charge in [-0.05, 0) is 61.5 Å². The van der Waals surface area contributed by atoms with Gasteiger partial charge in [0.1, 0.15) is 11.6 Å². The van der Waals surface area contributed by atoms with Gasteiger partial charge in [-0.1, -0.05) is 30.7 Å². The second-order valence-electron chi connectivity index (χ2n) is 8.21. The van der Waals surface area contributed by atoms with E-state index < -0.39 is 0 Å². The van der Waals surface area contributed by atoms with Crippen LogP contribution in [0, 0.1) is 5.92 Å². The molecule has 4 rings (SSSR count). The molecule has 0 spiro atoms. The quantitative estimate of drug-likeness (QED) is 0.660. The number of hydrogen-bond acceptors (Lipinski definition) is 5. The van der Waals surface area contributed by atoms with Gasteiger partial charge in [-0.15, -0.1) is 0 Å². The first-order valence-electron chi connectivity index (χ1n) is 10.7. The highest BCUT2D eigenvalue weighted by atomic mass is 35.5. The minimum absolute atomic E-state index is 0.515. The van der Waals surface area contributed by atoms with Crippen molar-refractivity contribution in [2.45, 2.75) is 39.2 Å². The largest absolute Gasteiger partial charge is 0.358 e. The maximum absolute atomic E-state index is 5.95. The van der Waals surface area contributed by atoms with Crippen LogP contribution in [-0.2, 0) is 6.54 Å². The van der Waals surface area contributed by atoms with E-state index in [-0.39, 0.29) is 0 Å². The number of thiocarbonyl (C=S) groups is 1. The number of nitrogens with zero attached hydrogens (tertiary/aromatic N) is 4. The lowest BCUT2D eigenvalue weighted by Gasteiger charge is -2.32. The Balaban J connectivity index is 1.46.